The van der Waals surface area contributed by atoms with E-state index in [4.69, 9.17) is 0 Å². The number of para-hydroxylation sites is 1. The van der Waals surface area contributed by atoms with Crippen LogP contribution in [0.1, 0.15) is 21.5 Å². The molecule has 25 heavy (non-hydrogen) atoms. The molecule has 126 valence electrons. The second-order valence-electron chi connectivity index (χ2n) is 5.64. The summed E-state index contributed by atoms with van der Waals surface area (Å²) >= 11 is 0. The first-order chi connectivity index (χ1) is 12.0. The van der Waals surface area contributed by atoms with Crippen LogP contribution in [0.25, 0.3) is 0 Å². The molecule has 0 amide bonds. The molecule has 0 aliphatic heterocycles. The smallest absolute Gasteiger partial charge is 0.337 e. The van der Waals surface area contributed by atoms with E-state index >= 15 is 0 Å². The van der Waals surface area contributed by atoms with Crippen LogP contribution < -0.4 is 10.6 Å². The third-order valence-corrected chi connectivity index (χ3v) is 3.95. The van der Waals surface area contributed by atoms with E-state index in [9.17, 15) is 9.90 Å². The molecule has 0 radical (unpaired) electrons. The summed E-state index contributed by atoms with van der Waals surface area (Å²) in [6.07, 6.45) is 1.43. The fourth-order valence-corrected chi connectivity index (χ4v) is 2.44. The van der Waals surface area contributed by atoms with E-state index in [1.165, 1.54) is 11.9 Å². The summed E-state index contributed by atoms with van der Waals surface area (Å²) in [4.78, 5) is 19.7. The Labute approximate surface area is 145 Å². The van der Waals surface area contributed by atoms with Crippen molar-refractivity contribution in [2.45, 2.75) is 13.8 Å². The van der Waals surface area contributed by atoms with E-state index in [2.05, 4.69) is 33.6 Å². The van der Waals surface area contributed by atoms with Gasteiger partial charge in [0.25, 0.3) is 0 Å². The number of anilines is 4. The van der Waals surface area contributed by atoms with Crippen LogP contribution in [0.3, 0.4) is 0 Å². The zero-order valence-electron chi connectivity index (χ0n) is 13.9. The molecule has 6 heteroatoms. The van der Waals surface area contributed by atoms with Crippen LogP contribution in [0.5, 0.6) is 0 Å². The van der Waals surface area contributed by atoms with Crippen molar-refractivity contribution < 1.29 is 9.90 Å². The number of carboxylic acid groups (broad SMARTS) is 1. The molecule has 0 unspecified atom stereocenters. The van der Waals surface area contributed by atoms with Gasteiger partial charge in [-0.1, -0.05) is 24.3 Å². The number of nitrogens with zero attached hydrogens (tertiary/aromatic N) is 2. The lowest BCUT2D eigenvalue weighted by Gasteiger charge is -2.12. The molecule has 6 nitrogen and oxygen atoms in total. The van der Waals surface area contributed by atoms with Crippen molar-refractivity contribution in [3.05, 3.63) is 71.5 Å². The number of rotatable bonds is 5. The Hall–Kier alpha value is -3.41. The van der Waals surface area contributed by atoms with Gasteiger partial charge in [-0.2, -0.15) is 0 Å². The minimum Gasteiger partial charge on any atom is -0.478 e. The van der Waals surface area contributed by atoms with Gasteiger partial charge in [0.1, 0.15) is 18.0 Å². The van der Waals surface area contributed by atoms with E-state index < -0.39 is 5.97 Å². The maximum absolute atomic E-state index is 11.3. The van der Waals surface area contributed by atoms with Gasteiger partial charge in [0.05, 0.1) is 11.3 Å². The molecule has 0 saturated carbocycles. The van der Waals surface area contributed by atoms with Crippen LogP contribution in [0.2, 0.25) is 0 Å². The molecule has 3 rings (SSSR count). The molecule has 0 atom stereocenters. The molecule has 0 aliphatic rings. The van der Waals surface area contributed by atoms with Gasteiger partial charge in [0, 0.05) is 11.8 Å². The molecule has 0 fully saturated rings. The number of aromatic nitrogens is 2. The number of carbonyl (C=O) groups is 1. The second kappa shape index (κ2) is 7.00. The highest BCUT2D eigenvalue weighted by Gasteiger charge is 2.10. The topological polar surface area (TPSA) is 87.1 Å². The van der Waals surface area contributed by atoms with Crippen LogP contribution in [0, 0.1) is 13.8 Å². The molecule has 1 heterocycles. The van der Waals surface area contributed by atoms with Crippen LogP contribution in [0.4, 0.5) is 23.0 Å². The van der Waals surface area contributed by atoms with Crippen LogP contribution in [-0.2, 0) is 0 Å². The molecule has 0 aliphatic carbocycles. The molecule has 1 aromatic heterocycles. The number of aromatic carboxylic acids is 1. The Balaban J connectivity index is 1.85. The third kappa shape index (κ3) is 3.74. The third-order valence-electron chi connectivity index (χ3n) is 3.95. The van der Waals surface area contributed by atoms with E-state index in [1.54, 1.807) is 30.3 Å². The lowest BCUT2D eigenvalue weighted by molar-refractivity contribution is 0.0698. The minimum atomic E-state index is -0.995. The summed E-state index contributed by atoms with van der Waals surface area (Å²) in [6.45, 7) is 4.09. The van der Waals surface area contributed by atoms with Crippen molar-refractivity contribution in [1.82, 2.24) is 9.97 Å². The zero-order valence-corrected chi connectivity index (χ0v) is 13.9. The first kappa shape index (κ1) is 16.4. The van der Waals surface area contributed by atoms with Gasteiger partial charge in [-0.3, -0.25) is 0 Å². The highest BCUT2D eigenvalue weighted by Crippen LogP contribution is 2.24. The maximum atomic E-state index is 11.3. The quantitative estimate of drug-likeness (QED) is 0.645. The fraction of sp³-hybridized carbons (Fsp3) is 0.105. The Morgan fingerprint density at radius 2 is 1.56 bits per heavy atom. The minimum absolute atomic E-state index is 0.185. The van der Waals surface area contributed by atoms with Gasteiger partial charge in [0.15, 0.2) is 0 Å². The summed E-state index contributed by atoms with van der Waals surface area (Å²) in [7, 11) is 0. The van der Waals surface area contributed by atoms with Crippen molar-refractivity contribution in [2.24, 2.45) is 0 Å². The molecule has 0 saturated heterocycles. The second-order valence-corrected chi connectivity index (χ2v) is 5.64. The maximum Gasteiger partial charge on any atom is 0.337 e. The first-order valence-corrected chi connectivity index (χ1v) is 7.79. The van der Waals surface area contributed by atoms with E-state index in [-0.39, 0.29) is 5.56 Å². The van der Waals surface area contributed by atoms with Gasteiger partial charge < -0.3 is 15.7 Å². The number of benzene rings is 2. The normalized spacial score (nSPS) is 10.3. The molecular weight excluding hydrogens is 316 g/mol. The number of aryl methyl sites for hydroxylation is 1. The SMILES string of the molecule is Cc1cccc(Nc2cc(Nc3ccccc3C(=O)O)ncn2)c1C. The molecule has 2 aromatic carbocycles. The molecule has 0 bridgehead atoms. The number of hydrogen-bond donors (Lipinski definition) is 3. The van der Waals surface area contributed by atoms with Gasteiger partial charge in [0.2, 0.25) is 0 Å². The fourth-order valence-electron chi connectivity index (χ4n) is 2.44. The lowest BCUT2D eigenvalue weighted by atomic mass is 10.1. The monoisotopic (exact) mass is 334 g/mol. The number of nitrogens with one attached hydrogen (secondary N) is 2. The number of hydrogen-bond acceptors (Lipinski definition) is 5. The Bertz CT molecular complexity index is 925. The predicted octanol–water partition coefficient (Wildman–Crippen LogP) is 4.28. The summed E-state index contributed by atoms with van der Waals surface area (Å²) in [5, 5.41) is 15.6. The highest BCUT2D eigenvalue weighted by molar-refractivity contribution is 5.95. The largest absolute Gasteiger partial charge is 0.478 e. The van der Waals surface area contributed by atoms with E-state index in [0.717, 1.165) is 11.3 Å². The van der Waals surface area contributed by atoms with Crippen molar-refractivity contribution in [3.63, 3.8) is 0 Å². The van der Waals surface area contributed by atoms with E-state index in [1.807, 2.05) is 19.1 Å². The Kier molecular flexibility index (Phi) is 4.61. The number of carboxylic acids is 1. The molecule has 3 aromatic rings. The highest BCUT2D eigenvalue weighted by atomic mass is 16.4. The summed E-state index contributed by atoms with van der Waals surface area (Å²) in [6, 6.07) is 14.4. The summed E-state index contributed by atoms with van der Waals surface area (Å²) in [5.74, 6) is 0.140. The van der Waals surface area contributed by atoms with Crippen molar-refractivity contribution in [3.8, 4) is 0 Å². The Morgan fingerprint density at radius 1 is 0.920 bits per heavy atom. The predicted molar refractivity (Wildman–Crippen MR) is 97.9 cm³/mol. The van der Waals surface area contributed by atoms with Crippen molar-refractivity contribution >= 4 is 29.0 Å². The van der Waals surface area contributed by atoms with Gasteiger partial charge in [-0.05, 0) is 43.2 Å². The van der Waals surface area contributed by atoms with Gasteiger partial charge in [-0.15, -0.1) is 0 Å². The average Bonchev–Trinajstić information content (AvgIpc) is 2.60. The standard InChI is InChI=1S/C19H18N4O2/c1-12-6-5-9-15(13(12)2)22-17-10-18(21-11-20-17)23-16-8-4-3-7-14(16)19(24)25/h3-11H,1-2H3,(H,24,25)(H2,20,21,22,23). The van der Waals surface area contributed by atoms with Crippen molar-refractivity contribution in [1.29, 1.82) is 0 Å². The van der Waals surface area contributed by atoms with E-state index in [0.29, 0.717) is 17.3 Å². The summed E-state index contributed by atoms with van der Waals surface area (Å²) < 4.78 is 0. The van der Waals surface area contributed by atoms with Crippen LogP contribution in [0.15, 0.2) is 54.9 Å². The summed E-state index contributed by atoms with van der Waals surface area (Å²) in [5.41, 5.74) is 3.96. The van der Waals surface area contributed by atoms with Crippen molar-refractivity contribution in [2.75, 3.05) is 10.6 Å². The van der Waals surface area contributed by atoms with Crippen LogP contribution in [-0.4, -0.2) is 21.0 Å². The van der Waals surface area contributed by atoms with Crippen LogP contribution >= 0.6 is 0 Å². The molecular formula is C19H18N4O2. The molecule has 3 N–H and O–H groups in total. The molecule has 0 spiro atoms. The first-order valence-electron chi connectivity index (χ1n) is 7.79. The Morgan fingerprint density at radius 3 is 2.28 bits per heavy atom. The van der Waals surface area contributed by atoms with Gasteiger partial charge in [-0.25, -0.2) is 14.8 Å². The lowest BCUT2D eigenvalue weighted by Crippen LogP contribution is -2.04. The van der Waals surface area contributed by atoms with Gasteiger partial charge >= 0.3 is 5.97 Å². The zero-order chi connectivity index (χ0) is 17.8. The average molecular weight is 334 g/mol.